The van der Waals surface area contributed by atoms with Gasteiger partial charge in [-0.1, -0.05) is 0 Å². The molecule has 2 aliphatic heterocycles. The molecule has 0 unspecified atom stereocenters. The zero-order chi connectivity index (χ0) is 22.3. The van der Waals surface area contributed by atoms with E-state index in [2.05, 4.69) is 9.97 Å². The minimum Gasteiger partial charge on any atom is -0.337 e. The molecule has 2 amide bonds. The summed E-state index contributed by atoms with van der Waals surface area (Å²) < 4.78 is 26.0. The maximum atomic E-state index is 13.1. The van der Waals surface area contributed by atoms with Crippen LogP contribution in [0.3, 0.4) is 0 Å². The molecule has 3 aliphatic rings. The largest absolute Gasteiger partial charge is 0.337 e. The molecule has 1 aliphatic carbocycles. The lowest BCUT2D eigenvalue weighted by Gasteiger charge is -2.30. The quantitative estimate of drug-likeness (QED) is 0.621. The number of carbonyl (C=O) groups is 2. The van der Waals surface area contributed by atoms with Gasteiger partial charge < -0.3 is 4.90 Å². The Morgan fingerprint density at radius 3 is 2.61 bits per heavy atom. The monoisotopic (exact) mass is 449 g/mol. The van der Waals surface area contributed by atoms with Gasteiger partial charge in [-0.25, -0.2) is 18.4 Å². The van der Waals surface area contributed by atoms with E-state index in [0.717, 1.165) is 24.1 Å². The Balaban J connectivity index is 1.54. The van der Waals surface area contributed by atoms with Crippen LogP contribution < -0.4 is 4.90 Å². The van der Waals surface area contributed by atoms with Gasteiger partial charge in [0, 0.05) is 37.8 Å². The van der Waals surface area contributed by atoms with Crippen LogP contribution in [0.15, 0.2) is 0 Å². The van der Waals surface area contributed by atoms with E-state index in [4.69, 9.17) is 0 Å². The van der Waals surface area contributed by atoms with Gasteiger partial charge in [-0.2, -0.15) is 4.31 Å². The Morgan fingerprint density at radius 1 is 1.19 bits per heavy atom. The Labute approximate surface area is 183 Å². The number of hydrogen-bond acceptors (Lipinski definition) is 6. The Kier molecular flexibility index (Phi) is 6.04. The van der Waals surface area contributed by atoms with Gasteiger partial charge in [0.15, 0.2) is 0 Å². The van der Waals surface area contributed by atoms with E-state index < -0.39 is 16.1 Å². The third-order valence-electron chi connectivity index (χ3n) is 6.49. The van der Waals surface area contributed by atoms with E-state index >= 15 is 0 Å². The van der Waals surface area contributed by atoms with E-state index in [1.807, 2.05) is 6.92 Å². The van der Waals surface area contributed by atoms with Crippen molar-refractivity contribution in [1.29, 1.82) is 0 Å². The summed E-state index contributed by atoms with van der Waals surface area (Å²) in [5.74, 6) is 1.55. The van der Waals surface area contributed by atoms with Crippen LogP contribution in [0.2, 0.25) is 0 Å². The summed E-state index contributed by atoms with van der Waals surface area (Å²) in [6.07, 6.45) is 4.61. The number of likely N-dealkylation sites (N-methyl/N-ethyl adjacent to an activating group) is 1. The molecule has 0 N–H and O–H groups in total. The van der Waals surface area contributed by atoms with Crippen molar-refractivity contribution in [2.75, 3.05) is 30.8 Å². The highest BCUT2D eigenvalue weighted by Crippen LogP contribution is 2.35. The maximum Gasteiger partial charge on any atom is 0.241 e. The van der Waals surface area contributed by atoms with E-state index in [-0.39, 0.29) is 24.1 Å². The molecule has 1 aromatic heterocycles. The number of sulfonamides is 1. The van der Waals surface area contributed by atoms with Gasteiger partial charge in [0.2, 0.25) is 21.8 Å². The van der Waals surface area contributed by atoms with Crippen LogP contribution in [0.1, 0.15) is 56.1 Å². The summed E-state index contributed by atoms with van der Waals surface area (Å²) in [7, 11) is -1.77. The van der Waals surface area contributed by atoms with Crippen LogP contribution in [0.4, 0.5) is 5.82 Å². The highest BCUT2D eigenvalue weighted by molar-refractivity contribution is 7.89. The summed E-state index contributed by atoms with van der Waals surface area (Å²) in [4.78, 5) is 38.2. The first-order valence-electron chi connectivity index (χ1n) is 11.1. The minimum absolute atomic E-state index is 0.0154. The zero-order valence-electron chi connectivity index (χ0n) is 18.5. The summed E-state index contributed by atoms with van der Waals surface area (Å²) in [5, 5.41) is 0. The molecule has 1 saturated heterocycles. The average molecular weight is 450 g/mol. The highest BCUT2D eigenvalue weighted by Gasteiger charge is 2.39. The Morgan fingerprint density at radius 2 is 1.94 bits per heavy atom. The predicted octanol–water partition coefficient (Wildman–Crippen LogP) is 1.25. The third-order valence-corrected chi connectivity index (χ3v) is 8.37. The first kappa shape index (κ1) is 22.1. The zero-order valence-corrected chi connectivity index (χ0v) is 19.3. The van der Waals surface area contributed by atoms with Crippen molar-refractivity contribution in [3.63, 3.8) is 0 Å². The lowest BCUT2D eigenvalue weighted by molar-refractivity contribution is -0.134. The van der Waals surface area contributed by atoms with Crippen molar-refractivity contribution in [2.45, 2.75) is 65.0 Å². The molecule has 1 aromatic rings. The number of amides is 2. The standard InChI is InChI=1S/C21H31N5O4S/c1-4-31(29,30)26-11-5-6-17(26)21(28)24(3)13-18-22-14(2)16-9-10-19(27)25(20(16)23-18)12-15-7-8-15/h15,17H,4-13H2,1-3H3/t17-/m1/s1. The second-order valence-electron chi connectivity index (χ2n) is 8.84. The van der Waals surface area contributed by atoms with Crippen LogP contribution in [-0.2, 0) is 32.6 Å². The number of anilines is 1. The second-order valence-corrected chi connectivity index (χ2v) is 11.0. The molecule has 4 rings (SSSR count). The molecule has 1 atom stereocenters. The molecular formula is C21H31N5O4S. The lowest BCUT2D eigenvalue weighted by Crippen LogP contribution is -2.47. The van der Waals surface area contributed by atoms with Crippen LogP contribution in [0, 0.1) is 12.8 Å². The van der Waals surface area contributed by atoms with Crippen molar-refractivity contribution in [3.05, 3.63) is 17.1 Å². The van der Waals surface area contributed by atoms with E-state index in [9.17, 15) is 18.0 Å². The van der Waals surface area contributed by atoms with Crippen LogP contribution in [0.25, 0.3) is 0 Å². The molecule has 1 saturated carbocycles. The molecule has 9 nitrogen and oxygen atoms in total. The fourth-order valence-corrected chi connectivity index (χ4v) is 5.81. The molecule has 0 aromatic carbocycles. The number of nitrogens with zero attached hydrogens (tertiary/aromatic N) is 5. The Hall–Kier alpha value is -2.07. The SMILES string of the molecule is CCS(=O)(=O)N1CCC[C@@H]1C(=O)N(C)Cc1nc(C)c2c(n1)N(CC1CC1)C(=O)CC2. The smallest absolute Gasteiger partial charge is 0.241 e. The minimum atomic E-state index is -3.43. The summed E-state index contributed by atoms with van der Waals surface area (Å²) in [5.41, 5.74) is 1.85. The summed E-state index contributed by atoms with van der Waals surface area (Å²) in [6, 6.07) is -0.665. The van der Waals surface area contributed by atoms with Gasteiger partial charge in [-0.15, -0.1) is 0 Å². The molecule has 3 heterocycles. The lowest BCUT2D eigenvalue weighted by atomic mass is 10.0. The number of hydrogen-bond donors (Lipinski definition) is 0. The average Bonchev–Trinajstić information content (AvgIpc) is 3.41. The van der Waals surface area contributed by atoms with Crippen LogP contribution in [-0.4, -0.2) is 71.3 Å². The number of rotatable bonds is 7. The number of fused-ring (bicyclic) bond motifs is 1. The fourth-order valence-electron chi connectivity index (χ4n) is 4.49. The fraction of sp³-hybridized carbons (Fsp3) is 0.714. The molecular weight excluding hydrogens is 418 g/mol. The molecule has 0 radical (unpaired) electrons. The molecule has 0 bridgehead atoms. The maximum absolute atomic E-state index is 13.1. The third kappa shape index (κ3) is 4.45. The molecule has 31 heavy (non-hydrogen) atoms. The van der Waals surface area contributed by atoms with Crippen molar-refractivity contribution in [3.8, 4) is 0 Å². The van der Waals surface area contributed by atoms with Gasteiger partial charge in [0.25, 0.3) is 0 Å². The van der Waals surface area contributed by atoms with E-state index in [1.165, 1.54) is 9.21 Å². The predicted molar refractivity (Wildman–Crippen MR) is 116 cm³/mol. The summed E-state index contributed by atoms with van der Waals surface area (Å²) in [6.45, 7) is 4.77. The van der Waals surface area contributed by atoms with Gasteiger partial charge in [0.05, 0.1) is 12.3 Å². The normalized spacial score (nSPS) is 22.0. The van der Waals surface area contributed by atoms with Gasteiger partial charge in [0.1, 0.15) is 17.7 Å². The first-order valence-corrected chi connectivity index (χ1v) is 12.7. The highest BCUT2D eigenvalue weighted by atomic mass is 32.2. The van der Waals surface area contributed by atoms with E-state index in [1.54, 1.807) is 18.9 Å². The summed E-state index contributed by atoms with van der Waals surface area (Å²) >= 11 is 0. The molecule has 0 spiro atoms. The van der Waals surface area contributed by atoms with Gasteiger partial charge in [-0.3, -0.25) is 14.5 Å². The molecule has 2 fully saturated rings. The van der Waals surface area contributed by atoms with Gasteiger partial charge >= 0.3 is 0 Å². The van der Waals surface area contributed by atoms with Crippen molar-refractivity contribution in [2.24, 2.45) is 5.92 Å². The van der Waals surface area contributed by atoms with Gasteiger partial charge in [-0.05, 0) is 51.9 Å². The van der Waals surface area contributed by atoms with Crippen molar-refractivity contribution >= 4 is 27.7 Å². The first-order chi connectivity index (χ1) is 14.7. The number of aryl methyl sites for hydroxylation is 1. The molecule has 10 heteroatoms. The molecule has 170 valence electrons. The topological polar surface area (TPSA) is 104 Å². The van der Waals surface area contributed by atoms with E-state index in [0.29, 0.717) is 56.3 Å². The van der Waals surface area contributed by atoms with Crippen molar-refractivity contribution in [1.82, 2.24) is 19.2 Å². The number of carbonyl (C=O) groups excluding carboxylic acids is 2. The van der Waals surface area contributed by atoms with Crippen molar-refractivity contribution < 1.29 is 18.0 Å². The Bertz CT molecular complexity index is 992. The number of aromatic nitrogens is 2. The van der Waals surface area contributed by atoms with Crippen LogP contribution in [0.5, 0.6) is 0 Å². The second kappa shape index (κ2) is 8.46. The van der Waals surface area contributed by atoms with Crippen LogP contribution >= 0.6 is 0 Å².